The Morgan fingerprint density at radius 1 is 1.25 bits per heavy atom. The average molecular weight is 287 g/mol. The number of nitrogens with zero attached hydrogens (tertiary/aromatic N) is 3. The lowest BCUT2D eigenvalue weighted by molar-refractivity contribution is 0.242. The molecule has 0 aliphatic carbocycles. The first kappa shape index (κ1) is 12.8. The Morgan fingerprint density at radius 3 is 2.85 bits per heavy atom. The van der Waals surface area contributed by atoms with E-state index in [1.165, 1.54) is 0 Å². The maximum atomic E-state index is 5.65. The van der Waals surface area contributed by atoms with E-state index in [9.17, 15) is 0 Å². The Kier molecular flexibility index (Phi) is 3.47. The van der Waals surface area contributed by atoms with Crippen molar-refractivity contribution in [2.45, 2.75) is 20.5 Å². The van der Waals surface area contributed by atoms with Crippen molar-refractivity contribution >= 4 is 11.3 Å². The molecule has 0 aliphatic heterocycles. The fraction of sp³-hybridized carbons (Fsp3) is 0.214. The quantitative estimate of drug-likeness (QED) is 0.736. The lowest BCUT2D eigenvalue weighted by Crippen LogP contribution is -1.95. The number of ether oxygens (including phenoxy) is 1. The Labute approximate surface area is 120 Å². The summed E-state index contributed by atoms with van der Waals surface area (Å²) in [6.45, 7) is 4.03. The van der Waals surface area contributed by atoms with Crippen LogP contribution in [0.5, 0.6) is 5.75 Å². The maximum absolute atomic E-state index is 5.65. The van der Waals surface area contributed by atoms with Gasteiger partial charge in [0.1, 0.15) is 10.8 Å². The molecule has 0 bridgehead atoms. The smallest absolute Gasteiger partial charge is 0.264 e. The molecule has 0 amide bonds. The summed E-state index contributed by atoms with van der Waals surface area (Å²) in [6, 6.07) is 7.82. The topological polar surface area (TPSA) is 61.0 Å². The van der Waals surface area contributed by atoms with Gasteiger partial charge in [-0.3, -0.25) is 0 Å². The van der Waals surface area contributed by atoms with Crippen LogP contribution in [0.15, 0.2) is 34.2 Å². The molecule has 6 heteroatoms. The van der Waals surface area contributed by atoms with Gasteiger partial charge in [0.05, 0.1) is 0 Å². The predicted molar refractivity (Wildman–Crippen MR) is 75.7 cm³/mol. The summed E-state index contributed by atoms with van der Waals surface area (Å²) in [6.07, 6.45) is 0. The monoisotopic (exact) mass is 287 g/mol. The van der Waals surface area contributed by atoms with Crippen molar-refractivity contribution in [3.05, 3.63) is 47.1 Å². The van der Waals surface area contributed by atoms with Gasteiger partial charge >= 0.3 is 0 Å². The summed E-state index contributed by atoms with van der Waals surface area (Å²) in [7, 11) is 0. The van der Waals surface area contributed by atoms with Gasteiger partial charge in [0.15, 0.2) is 12.4 Å². The first-order valence-electron chi connectivity index (χ1n) is 6.15. The van der Waals surface area contributed by atoms with Crippen molar-refractivity contribution < 1.29 is 9.26 Å². The van der Waals surface area contributed by atoms with Gasteiger partial charge in [0, 0.05) is 16.6 Å². The molecule has 102 valence electrons. The van der Waals surface area contributed by atoms with Crippen molar-refractivity contribution in [2.24, 2.45) is 0 Å². The molecule has 2 heterocycles. The minimum atomic E-state index is 0.265. The van der Waals surface area contributed by atoms with E-state index in [4.69, 9.17) is 9.26 Å². The summed E-state index contributed by atoms with van der Waals surface area (Å²) in [5, 5.41) is 6.74. The summed E-state index contributed by atoms with van der Waals surface area (Å²) in [5.41, 5.74) is 2.07. The minimum absolute atomic E-state index is 0.265. The van der Waals surface area contributed by atoms with Gasteiger partial charge in [0.2, 0.25) is 0 Å². The largest absolute Gasteiger partial charge is 0.484 e. The van der Waals surface area contributed by atoms with E-state index in [0.29, 0.717) is 11.7 Å². The van der Waals surface area contributed by atoms with E-state index in [2.05, 4.69) is 15.1 Å². The molecule has 2 aromatic heterocycles. The highest BCUT2D eigenvalue weighted by atomic mass is 32.1. The van der Waals surface area contributed by atoms with Crippen LogP contribution in [-0.2, 0) is 6.61 Å². The van der Waals surface area contributed by atoms with E-state index >= 15 is 0 Å². The van der Waals surface area contributed by atoms with Crippen molar-refractivity contribution in [3.63, 3.8) is 0 Å². The minimum Gasteiger partial charge on any atom is -0.484 e. The van der Waals surface area contributed by atoms with Crippen LogP contribution in [-0.4, -0.2) is 15.1 Å². The van der Waals surface area contributed by atoms with Gasteiger partial charge in [0.25, 0.3) is 5.89 Å². The number of rotatable bonds is 4. The van der Waals surface area contributed by atoms with Crippen molar-refractivity contribution in [3.8, 4) is 16.3 Å². The first-order chi connectivity index (χ1) is 9.70. The molecule has 20 heavy (non-hydrogen) atoms. The fourth-order valence-electron chi connectivity index (χ4n) is 1.75. The Bertz CT molecular complexity index is 721. The third-order valence-electron chi connectivity index (χ3n) is 2.63. The highest BCUT2D eigenvalue weighted by molar-refractivity contribution is 7.13. The second-order valence-electron chi connectivity index (χ2n) is 4.35. The van der Waals surface area contributed by atoms with E-state index < -0.39 is 0 Å². The van der Waals surface area contributed by atoms with E-state index in [1.807, 2.05) is 36.6 Å². The lowest BCUT2D eigenvalue weighted by atomic mass is 10.2. The molecule has 0 saturated heterocycles. The standard InChI is InChI=1S/C14H13N3O2S/c1-9-8-20-14(15-9)11-4-3-5-12(6-11)18-7-13-16-10(2)17-19-13/h3-6,8H,7H2,1-2H3. The molecule has 0 radical (unpaired) electrons. The molecule has 1 aromatic carbocycles. The van der Waals surface area contributed by atoms with Gasteiger partial charge in [-0.2, -0.15) is 4.98 Å². The molecule has 3 aromatic rings. The molecule has 0 spiro atoms. The molecule has 5 nitrogen and oxygen atoms in total. The van der Waals surface area contributed by atoms with Crippen LogP contribution < -0.4 is 4.74 Å². The molecule has 3 rings (SSSR count). The second-order valence-corrected chi connectivity index (χ2v) is 5.20. The normalized spacial score (nSPS) is 10.7. The summed E-state index contributed by atoms with van der Waals surface area (Å²) in [5.74, 6) is 1.83. The average Bonchev–Trinajstić information content (AvgIpc) is 3.06. The molecule has 0 unspecified atom stereocenters. The zero-order valence-electron chi connectivity index (χ0n) is 11.2. The van der Waals surface area contributed by atoms with Crippen molar-refractivity contribution in [1.82, 2.24) is 15.1 Å². The van der Waals surface area contributed by atoms with Crippen LogP contribution in [0, 0.1) is 13.8 Å². The molecule has 0 fully saturated rings. The number of hydrogen-bond acceptors (Lipinski definition) is 6. The van der Waals surface area contributed by atoms with Gasteiger partial charge < -0.3 is 9.26 Å². The number of aromatic nitrogens is 3. The van der Waals surface area contributed by atoms with Crippen LogP contribution >= 0.6 is 11.3 Å². The van der Waals surface area contributed by atoms with E-state index in [1.54, 1.807) is 18.3 Å². The van der Waals surface area contributed by atoms with E-state index in [0.717, 1.165) is 22.0 Å². The zero-order valence-corrected chi connectivity index (χ0v) is 12.0. The molecule has 0 saturated carbocycles. The fourth-order valence-corrected chi connectivity index (χ4v) is 2.54. The van der Waals surface area contributed by atoms with Gasteiger partial charge in [-0.05, 0) is 26.0 Å². The highest BCUT2D eigenvalue weighted by Crippen LogP contribution is 2.27. The first-order valence-corrected chi connectivity index (χ1v) is 7.03. The van der Waals surface area contributed by atoms with Crippen LogP contribution in [0.2, 0.25) is 0 Å². The summed E-state index contributed by atoms with van der Waals surface area (Å²) in [4.78, 5) is 8.56. The van der Waals surface area contributed by atoms with Crippen LogP contribution in [0.25, 0.3) is 10.6 Å². The number of benzene rings is 1. The zero-order chi connectivity index (χ0) is 13.9. The number of aryl methyl sites for hydroxylation is 2. The highest BCUT2D eigenvalue weighted by Gasteiger charge is 2.06. The Balaban J connectivity index is 1.74. The SMILES string of the molecule is Cc1csc(-c2cccc(OCc3nc(C)no3)c2)n1. The van der Waals surface area contributed by atoms with Crippen molar-refractivity contribution in [2.75, 3.05) is 0 Å². The summed E-state index contributed by atoms with van der Waals surface area (Å²) < 4.78 is 10.7. The van der Waals surface area contributed by atoms with Crippen molar-refractivity contribution in [1.29, 1.82) is 0 Å². The number of thiazole rings is 1. The van der Waals surface area contributed by atoms with Crippen LogP contribution in [0.3, 0.4) is 0 Å². The molecule has 0 N–H and O–H groups in total. The third kappa shape index (κ3) is 2.85. The molecular weight excluding hydrogens is 274 g/mol. The van der Waals surface area contributed by atoms with E-state index in [-0.39, 0.29) is 6.61 Å². The maximum Gasteiger partial charge on any atom is 0.264 e. The second kappa shape index (κ2) is 5.42. The number of hydrogen-bond donors (Lipinski definition) is 0. The van der Waals surface area contributed by atoms with Gasteiger partial charge in [-0.25, -0.2) is 4.98 Å². The van der Waals surface area contributed by atoms with Crippen LogP contribution in [0.1, 0.15) is 17.4 Å². The Morgan fingerprint density at radius 2 is 2.15 bits per heavy atom. The van der Waals surface area contributed by atoms with Gasteiger partial charge in [-0.1, -0.05) is 17.3 Å². The predicted octanol–water partition coefficient (Wildman–Crippen LogP) is 3.39. The molecule has 0 aliphatic rings. The van der Waals surface area contributed by atoms with Crippen LogP contribution in [0.4, 0.5) is 0 Å². The molecular formula is C14H13N3O2S. The van der Waals surface area contributed by atoms with Gasteiger partial charge in [-0.15, -0.1) is 11.3 Å². The summed E-state index contributed by atoms with van der Waals surface area (Å²) >= 11 is 1.62. The Hall–Kier alpha value is -2.21. The molecule has 0 atom stereocenters. The lowest BCUT2D eigenvalue weighted by Gasteiger charge is -2.04. The third-order valence-corrected chi connectivity index (χ3v) is 3.64.